The van der Waals surface area contributed by atoms with Gasteiger partial charge in [-0.25, -0.2) is 0 Å². The largest absolute Gasteiger partial charge is 0.459 e. The summed E-state index contributed by atoms with van der Waals surface area (Å²) in [5, 5.41) is 0.936. The molecule has 1 aromatic heterocycles. The molecule has 3 fully saturated rings. The number of halogens is 2. The van der Waals surface area contributed by atoms with Crippen LogP contribution in [0.15, 0.2) is 65.3 Å². The first-order valence-electron chi connectivity index (χ1n) is 15.8. The standard InChI is InChI=1S/C35H41Cl2N3O3/c36-30-13-12-27(24-31(30)37)29-14-23-43-32(29)33(41)40-20-7-9-26(25-40)8-6-17-38-21-15-35(16-22-38,28-10-2-1-3-11-28)34(42)39-18-4-5-19-39/h1-3,10-14,23-24,26H,4-9,15-22,25H2. The highest BCUT2D eigenvalue weighted by Gasteiger charge is 2.45. The summed E-state index contributed by atoms with van der Waals surface area (Å²) in [4.78, 5) is 33.9. The molecule has 1 atom stereocenters. The zero-order chi connectivity index (χ0) is 29.8. The Labute approximate surface area is 264 Å². The lowest BCUT2D eigenvalue weighted by Crippen LogP contribution is -2.52. The quantitative estimate of drug-likeness (QED) is 0.261. The van der Waals surface area contributed by atoms with Crippen molar-refractivity contribution < 1.29 is 14.0 Å². The summed E-state index contributed by atoms with van der Waals surface area (Å²) < 4.78 is 5.70. The Kier molecular flexibility index (Phi) is 9.46. The van der Waals surface area contributed by atoms with E-state index in [1.54, 1.807) is 18.4 Å². The normalized spacial score (nSPS) is 20.8. The highest BCUT2D eigenvalue weighted by Crippen LogP contribution is 2.39. The summed E-state index contributed by atoms with van der Waals surface area (Å²) in [7, 11) is 0. The third-order valence-electron chi connectivity index (χ3n) is 9.82. The SMILES string of the molecule is O=C(c1occc1-c1ccc(Cl)c(Cl)c1)N1CCCC(CCCN2CCC(C(=O)N3CCCC3)(c3ccccc3)CC2)C1. The van der Waals surface area contributed by atoms with Crippen molar-refractivity contribution in [3.63, 3.8) is 0 Å². The van der Waals surface area contributed by atoms with E-state index in [1.807, 2.05) is 23.1 Å². The smallest absolute Gasteiger partial charge is 0.290 e. The van der Waals surface area contributed by atoms with E-state index in [0.717, 1.165) is 108 Å². The molecule has 0 spiro atoms. The molecule has 1 unspecified atom stereocenters. The second-order valence-electron chi connectivity index (χ2n) is 12.5. The van der Waals surface area contributed by atoms with Crippen molar-refractivity contribution in [3.8, 4) is 11.1 Å². The number of nitrogens with zero attached hydrogens (tertiary/aromatic N) is 3. The van der Waals surface area contributed by atoms with Gasteiger partial charge >= 0.3 is 0 Å². The fourth-order valence-corrected chi connectivity index (χ4v) is 7.66. The van der Waals surface area contributed by atoms with E-state index in [0.29, 0.717) is 27.6 Å². The molecule has 4 heterocycles. The molecule has 0 aliphatic carbocycles. The lowest BCUT2D eigenvalue weighted by Gasteiger charge is -2.43. The van der Waals surface area contributed by atoms with Crippen molar-refractivity contribution in [2.24, 2.45) is 5.92 Å². The van der Waals surface area contributed by atoms with Gasteiger partial charge in [-0.3, -0.25) is 9.59 Å². The van der Waals surface area contributed by atoms with Crippen molar-refractivity contribution in [2.75, 3.05) is 45.8 Å². The van der Waals surface area contributed by atoms with Crippen LogP contribution in [-0.2, 0) is 10.2 Å². The Bertz CT molecular complexity index is 1410. The highest BCUT2D eigenvalue weighted by atomic mass is 35.5. The van der Waals surface area contributed by atoms with Gasteiger partial charge < -0.3 is 19.1 Å². The molecule has 2 amide bonds. The number of piperidine rings is 2. The summed E-state index contributed by atoms with van der Waals surface area (Å²) in [6.07, 6.45) is 9.89. The van der Waals surface area contributed by atoms with E-state index in [-0.39, 0.29) is 5.91 Å². The first-order valence-corrected chi connectivity index (χ1v) is 16.6. The Morgan fingerprint density at radius 1 is 0.860 bits per heavy atom. The number of carbonyl (C=O) groups is 2. The lowest BCUT2D eigenvalue weighted by atomic mass is 9.71. The molecule has 3 saturated heterocycles. The minimum atomic E-state index is -0.394. The van der Waals surface area contributed by atoms with Crippen LogP contribution < -0.4 is 0 Å². The first-order chi connectivity index (χ1) is 20.9. The number of furan rings is 1. The number of hydrogen-bond acceptors (Lipinski definition) is 4. The molecule has 8 heteroatoms. The maximum atomic E-state index is 13.8. The average Bonchev–Trinajstić information content (AvgIpc) is 3.76. The third kappa shape index (κ3) is 6.52. The molecule has 0 saturated carbocycles. The van der Waals surface area contributed by atoms with Crippen LogP contribution in [0.5, 0.6) is 0 Å². The molecule has 6 rings (SSSR count). The van der Waals surface area contributed by atoms with Crippen LogP contribution in [0, 0.1) is 5.92 Å². The van der Waals surface area contributed by atoms with Crippen molar-refractivity contribution in [1.82, 2.24) is 14.7 Å². The molecule has 43 heavy (non-hydrogen) atoms. The molecular weight excluding hydrogens is 581 g/mol. The molecule has 0 bridgehead atoms. The van der Waals surface area contributed by atoms with E-state index in [1.165, 1.54) is 5.56 Å². The van der Waals surface area contributed by atoms with Crippen LogP contribution in [0.3, 0.4) is 0 Å². The molecule has 3 aromatic rings. The first kappa shape index (κ1) is 30.2. The van der Waals surface area contributed by atoms with Crippen LogP contribution in [0.25, 0.3) is 11.1 Å². The Hall–Kier alpha value is -2.80. The van der Waals surface area contributed by atoms with E-state index in [9.17, 15) is 9.59 Å². The summed E-state index contributed by atoms with van der Waals surface area (Å²) in [5.41, 5.74) is 2.34. The zero-order valence-electron chi connectivity index (χ0n) is 24.8. The maximum Gasteiger partial charge on any atom is 0.290 e. The van der Waals surface area contributed by atoms with Gasteiger partial charge in [-0.1, -0.05) is 59.6 Å². The molecule has 0 radical (unpaired) electrons. The Morgan fingerprint density at radius 3 is 2.35 bits per heavy atom. The Balaban J connectivity index is 1.02. The number of benzene rings is 2. The number of likely N-dealkylation sites (tertiary alicyclic amines) is 3. The maximum absolute atomic E-state index is 13.8. The molecule has 6 nitrogen and oxygen atoms in total. The van der Waals surface area contributed by atoms with E-state index >= 15 is 0 Å². The number of rotatable bonds is 8. The summed E-state index contributed by atoms with van der Waals surface area (Å²) in [6, 6.07) is 17.7. The average molecular weight is 623 g/mol. The molecular formula is C35H41Cl2N3O3. The van der Waals surface area contributed by atoms with Gasteiger partial charge in [0, 0.05) is 31.7 Å². The summed E-state index contributed by atoms with van der Waals surface area (Å²) >= 11 is 12.3. The van der Waals surface area contributed by atoms with Gasteiger partial charge in [0.1, 0.15) is 0 Å². The molecule has 3 aliphatic rings. The van der Waals surface area contributed by atoms with Gasteiger partial charge in [-0.15, -0.1) is 0 Å². The van der Waals surface area contributed by atoms with Crippen molar-refractivity contribution in [2.45, 2.75) is 56.8 Å². The van der Waals surface area contributed by atoms with E-state index in [4.69, 9.17) is 27.6 Å². The second kappa shape index (κ2) is 13.5. The Morgan fingerprint density at radius 2 is 1.60 bits per heavy atom. The number of hydrogen-bond donors (Lipinski definition) is 0. The lowest BCUT2D eigenvalue weighted by molar-refractivity contribution is -0.138. The topological polar surface area (TPSA) is 57.0 Å². The summed E-state index contributed by atoms with van der Waals surface area (Å²) in [5.74, 6) is 1.11. The molecule has 3 aliphatic heterocycles. The third-order valence-corrected chi connectivity index (χ3v) is 10.6. The zero-order valence-corrected chi connectivity index (χ0v) is 26.3. The van der Waals surface area contributed by atoms with Gasteiger partial charge in [-0.05, 0) is 106 Å². The van der Waals surface area contributed by atoms with Gasteiger partial charge in [-0.2, -0.15) is 0 Å². The predicted molar refractivity (Wildman–Crippen MR) is 172 cm³/mol. The fraction of sp³-hybridized carbons (Fsp3) is 0.486. The van der Waals surface area contributed by atoms with Crippen LogP contribution in [0.1, 0.15) is 67.5 Å². The second-order valence-corrected chi connectivity index (χ2v) is 13.3. The van der Waals surface area contributed by atoms with Gasteiger partial charge in [0.25, 0.3) is 5.91 Å². The van der Waals surface area contributed by atoms with Crippen molar-refractivity contribution in [3.05, 3.63) is 82.2 Å². The number of amides is 2. The van der Waals surface area contributed by atoms with Gasteiger partial charge in [0.15, 0.2) is 5.76 Å². The minimum absolute atomic E-state index is 0.0632. The van der Waals surface area contributed by atoms with E-state index in [2.05, 4.69) is 34.1 Å². The van der Waals surface area contributed by atoms with Gasteiger partial charge in [0.05, 0.1) is 21.7 Å². The number of carbonyl (C=O) groups excluding carboxylic acids is 2. The van der Waals surface area contributed by atoms with Crippen LogP contribution in [0.2, 0.25) is 10.0 Å². The van der Waals surface area contributed by atoms with Crippen LogP contribution in [-0.4, -0.2) is 72.3 Å². The predicted octanol–water partition coefficient (Wildman–Crippen LogP) is 7.54. The fourth-order valence-electron chi connectivity index (χ4n) is 7.36. The van der Waals surface area contributed by atoms with E-state index < -0.39 is 5.41 Å². The monoisotopic (exact) mass is 621 g/mol. The highest BCUT2D eigenvalue weighted by molar-refractivity contribution is 6.42. The van der Waals surface area contributed by atoms with Crippen molar-refractivity contribution in [1.29, 1.82) is 0 Å². The molecule has 228 valence electrons. The van der Waals surface area contributed by atoms with Crippen molar-refractivity contribution >= 4 is 35.0 Å². The minimum Gasteiger partial charge on any atom is -0.459 e. The van der Waals surface area contributed by atoms with Crippen LogP contribution >= 0.6 is 23.2 Å². The molecule has 0 N–H and O–H groups in total. The van der Waals surface area contributed by atoms with Crippen LogP contribution in [0.4, 0.5) is 0 Å². The molecule has 2 aromatic carbocycles. The van der Waals surface area contributed by atoms with Gasteiger partial charge in [0.2, 0.25) is 5.91 Å². The summed E-state index contributed by atoms with van der Waals surface area (Å²) in [6.45, 7) is 6.22.